The second kappa shape index (κ2) is 5.65. The molecule has 2 rings (SSSR count). The largest absolute Gasteiger partial charge is 0.337 e. The SMILES string of the molecule is CCC1(C)CN(CCCn2ccnc2)CCN1. The van der Waals surface area contributed by atoms with E-state index in [4.69, 9.17) is 0 Å². The third-order valence-corrected chi connectivity index (χ3v) is 3.78. The van der Waals surface area contributed by atoms with Crippen LogP contribution >= 0.6 is 0 Å². The van der Waals surface area contributed by atoms with Crippen molar-refractivity contribution < 1.29 is 0 Å². The van der Waals surface area contributed by atoms with Crippen molar-refractivity contribution in [2.24, 2.45) is 0 Å². The van der Waals surface area contributed by atoms with Crippen molar-refractivity contribution in [3.8, 4) is 0 Å². The van der Waals surface area contributed by atoms with Crippen LogP contribution in [-0.2, 0) is 6.54 Å². The van der Waals surface area contributed by atoms with E-state index in [-0.39, 0.29) is 0 Å². The van der Waals surface area contributed by atoms with Gasteiger partial charge in [-0.15, -0.1) is 0 Å². The number of hydrogen-bond donors (Lipinski definition) is 1. The zero-order chi connectivity index (χ0) is 12.1. The van der Waals surface area contributed by atoms with Crippen LogP contribution in [0.1, 0.15) is 26.7 Å². The molecule has 0 bridgehead atoms. The fraction of sp³-hybridized carbons (Fsp3) is 0.769. The highest BCUT2D eigenvalue weighted by Gasteiger charge is 2.27. The van der Waals surface area contributed by atoms with Gasteiger partial charge in [0.05, 0.1) is 6.33 Å². The molecule has 1 fully saturated rings. The first-order valence-electron chi connectivity index (χ1n) is 6.65. The van der Waals surface area contributed by atoms with E-state index in [0.717, 1.165) is 13.1 Å². The number of aryl methyl sites for hydroxylation is 1. The number of imidazole rings is 1. The molecular weight excluding hydrogens is 212 g/mol. The molecule has 4 heteroatoms. The smallest absolute Gasteiger partial charge is 0.0945 e. The first-order valence-corrected chi connectivity index (χ1v) is 6.65. The van der Waals surface area contributed by atoms with Crippen molar-refractivity contribution in [3.05, 3.63) is 18.7 Å². The standard InChI is InChI=1S/C13H24N4/c1-3-13(2)11-16(10-6-15-13)7-4-8-17-9-5-14-12-17/h5,9,12,15H,3-4,6-8,10-11H2,1-2H3. The van der Waals surface area contributed by atoms with Crippen LogP contribution in [-0.4, -0.2) is 46.2 Å². The third-order valence-electron chi connectivity index (χ3n) is 3.78. The lowest BCUT2D eigenvalue weighted by Crippen LogP contribution is -2.58. The highest BCUT2D eigenvalue weighted by Crippen LogP contribution is 2.15. The molecule has 0 aromatic carbocycles. The predicted octanol–water partition coefficient (Wildman–Crippen LogP) is 1.35. The van der Waals surface area contributed by atoms with E-state index in [1.165, 1.54) is 32.5 Å². The van der Waals surface area contributed by atoms with Gasteiger partial charge in [-0.1, -0.05) is 6.92 Å². The Hall–Kier alpha value is -0.870. The van der Waals surface area contributed by atoms with Gasteiger partial charge in [0.2, 0.25) is 0 Å². The molecule has 4 nitrogen and oxygen atoms in total. The number of nitrogens with zero attached hydrogens (tertiary/aromatic N) is 3. The van der Waals surface area contributed by atoms with Gasteiger partial charge in [-0.3, -0.25) is 0 Å². The summed E-state index contributed by atoms with van der Waals surface area (Å²) in [4.78, 5) is 6.64. The van der Waals surface area contributed by atoms with E-state index < -0.39 is 0 Å². The summed E-state index contributed by atoms with van der Waals surface area (Å²) in [7, 11) is 0. The van der Waals surface area contributed by atoms with Crippen molar-refractivity contribution in [2.75, 3.05) is 26.2 Å². The molecule has 1 aliphatic rings. The molecule has 0 saturated carbocycles. The zero-order valence-corrected chi connectivity index (χ0v) is 11.0. The second-order valence-electron chi connectivity index (χ2n) is 5.27. The Labute approximate surface area is 104 Å². The van der Waals surface area contributed by atoms with Gasteiger partial charge < -0.3 is 14.8 Å². The average molecular weight is 236 g/mol. The van der Waals surface area contributed by atoms with E-state index in [0.29, 0.717) is 5.54 Å². The Kier molecular flexibility index (Phi) is 4.18. The molecule has 17 heavy (non-hydrogen) atoms. The Morgan fingerprint density at radius 2 is 2.29 bits per heavy atom. The van der Waals surface area contributed by atoms with Crippen LogP contribution in [0.2, 0.25) is 0 Å². The average Bonchev–Trinajstić information content (AvgIpc) is 2.82. The van der Waals surface area contributed by atoms with Gasteiger partial charge in [0.15, 0.2) is 0 Å². The van der Waals surface area contributed by atoms with Crippen molar-refractivity contribution in [2.45, 2.75) is 38.8 Å². The van der Waals surface area contributed by atoms with E-state index in [1.807, 2.05) is 18.7 Å². The number of nitrogens with one attached hydrogen (secondary N) is 1. The summed E-state index contributed by atoms with van der Waals surface area (Å²) >= 11 is 0. The summed E-state index contributed by atoms with van der Waals surface area (Å²) in [6.45, 7) is 10.3. The summed E-state index contributed by atoms with van der Waals surface area (Å²) in [6.07, 6.45) is 8.18. The molecule has 1 saturated heterocycles. The van der Waals surface area contributed by atoms with Crippen molar-refractivity contribution in [1.29, 1.82) is 0 Å². The maximum absolute atomic E-state index is 4.06. The van der Waals surface area contributed by atoms with Crippen molar-refractivity contribution in [1.82, 2.24) is 19.8 Å². The molecule has 1 atom stereocenters. The normalized spacial score (nSPS) is 26.2. The van der Waals surface area contributed by atoms with Gasteiger partial charge in [0.25, 0.3) is 0 Å². The summed E-state index contributed by atoms with van der Waals surface area (Å²) in [5.41, 5.74) is 0.313. The predicted molar refractivity (Wildman–Crippen MR) is 70.0 cm³/mol. The Morgan fingerprint density at radius 3 is 3.00 bits per heavy atom. The van der Waals surface area contributed by atoms with Gasteiger partial charge in [0, 0.05) is 44.1 Å². The van der Waals surface area contributed by atoms with Crippen LogP contribution in [0.5, 0.6) is 0 Å². The van der Waals surface area contributed by atoms with Crippen molar-refractivity contribution >= 4 is 0 Å². The van der Waals surface area contributed by atoms with Gasteiger partial charge in [-0.2, -0.15) is 0 Å². The Balaban J connectivity index is 1.72. The van der Waals surface area contributed by atoms with E-state index in [9.17, 15) is 0 Å². The van der Waals surface area contributed by atoms with Crippen LogP contribution in [0.25, 0.3) is 0 Å². The summed E-state index contributed by atoms with van der Waals surface area (Å²) in [5.74, 6) is 0. The number of aromatic nitrogens is 2. The Bertz CT molecular complexity index is 322. The number of rotatable bonds is 5. The number of hydrogen-bond acceptors (Lipinski definition) is 3. The van der Waals surface area contributed by atoms with Crippen LogP contribution in [0.3, 0.4) is 0 Å². The Morgan fingerprint density at radius 1 is 1.41 bits per heavy atom. The molecule has 1 aromatic rings. The topological polar surface area (TPSA) is 33.1 Å². The van der Waals surface area contributed by atoms with Crippen LogP contribution in [0.15, 0.2) is 18.7 Å². The molecular formula is C13H24N4. The summed E-state index contributed by atoms with van der Waals surface area (Å²) in [5, 5.41) is 3.62. The first-order chi connectivity index (χ1) is 8.22. The monoisotopic (exact) mass is 236 g/mol. The maximum atomic E-state index is 4.06. The quantitative estimate of drug-likeness (QED) is 0.837. The van der Waals surface area contributed by atoms with E-state index in [1.54, 1.807) is 0 Å². The minimum absolute atomic E-state index is 0.313. The van der Waals surface area contributed by atoms with Gasteiger partial charge in [0.1, 0.15) is 0 Å². The molecule has 0 radical (unpaired) electrons. The highest BCUT2D eigenvalue weighted by molar-refractivity contribution is 4.89. The molecule has 96 valence electrons. The van der Waals surface area contributed by atoms with Crippen LogP contribution in [0, 0.1) is 0 Å². The third kappa shape index (κ3) is 3.54. The maximum Gasteiger partial charge on any atom is 0.0945 e. The minimum Gasteiger partial charge on any atom is -0.337 e. The number of piperazine rings is 1. The zero-order valence-electron chi connectivity index (χ0n) is 11.0. The minimum atomic E-state index is 0.313. The second-order valence-corrected chi connectivity index (χ2v) is 5.27. The lowest BCUT2D eigenvalue weighted by molar-refractivity contribution is 0.137. The summed E-state index contributed by atoms with van der Waals surface area (Å²) in [6, 6.07) is 0. The molecule has 0 spiro atoms. The fourth-order valence-electron chi connectivity index (χ4n) is 2.47. The van der Waals surface area contributed by atoms with Crippen LogP contribution in [0.4, 0.5) is 0 Å². The fourth-order valence-corrected chi connectivity index (χ4v) is 2.47. The molecule has 0 aliphatic carbocycles. The summed E-state index contributed by atoms with van der Waals surface area (Å²) < 4.78 is 2.15. The molecule has 0 amide bonds. The van der Waals surface area contributed by atoms with E-state index in [2.05, 4.69) is 33.6 Å². The van der Waals surface area contributed by atoms with Crippen molar-refractivity contribution in [3.63, 3.8) is 0 Å². The molecule has 2 heterocycles. The molecule has 1 unspecified atom stereocenters. The van der Waals surface area contributed by atoms with Crippen LogP contribution < -0.4 is 5.32 Å². The molecule has 1 aromatic heterocycles. The molecule has 1 N–H and O–H groups in total. The lowest BCUT2D eigenvalue weighted by Gasteiger charge is -2.41. The van der Waals surface area contributed by atoms with Gasteiger partial charge in [-0.05, 0) is 26.3 Å². The lowest BCUT2D eigenvalue weighted by atomic mass is 9.96. The van der Waals surface area contributed by atoms with Gasteiger partial charge >= 0.3 is 0 Å². The van der Waals surface area contributed by atoms with E-state index >= 15 is 0 Å². The highest BCUT2D eigenvalue weighted by atomic mass is 15.2. The first kappa shape index (κ1) is 12.6. The van der Waals surface area contributed by atoms with Gasteiger partial charge in [-0.25, -0.2) is 4.98 Å². The molecule has 1 aliphatic heterocycles.